The molecular weight excluding hydrogens is 184 g/mol. The lowest BCUT2D eigenvalue weighted by Gasteiger charge is -2.33. The molecule has 2 nitrogen and oxygen atoms in total. The Balaban J connectivity index is 1.69. The third kappa shape index (κ3) is 2.94. The number of likely N-dealkylation sites (tertiary alicyclic amines) is 1. The van der Waals surface area contributed by atoms with Gasteiger partial charge in [0.25, 0.3) is 0 Å². The molecule has 0 bridgehead atoms. The first kappa shape index (κ1) is 11.4. The van der Waals surface area contributed by atoms with Crippen LogP contribution in [0.5, 0.6) is 0 Å². The minimum absolute atomic E-state index is 0.736. The van der Waals surface area contributed by atoms with Gasteiger partial charge in [-0.05, 0) is 58.2 Å². The van der Waals surface area contributed by atoms with Gasteiger partial charge in [-0.2, -0.15) is 0 Å². The largest absolute Gasteiger partial charge is 0.311 e. The second-order valence-electron chi connectivity index (χ2n) is 5.61. The van der Waals surface area contributed by atoms with Crippen LogP contribution in [0.1, 0.15) is 39.5 Å². The maximum atomic E-state index is 3.82. The Morgan fingerprint density at radius 1 is 1.33 bits per heavy atom. The summed E-state index contributed by atoms with van der Waals surface area (Å²) in [5.74, 6) is 1.90. The van der Waals surface area contributed by atoms with E-state index in [-0.39, 0.29) is 0 Å². The second kappa shape index (κ2) is 4.84. The summed E-state index contributed by atoms with van der Waals surface area (Å²) in [6.45, 7) is 7.28. The highest BCUT2D eigenvalue weighted by Gasteiger charge is 2.37. The lowest BCUT2D eigenvalue weighted by molar-refractivity contribution is 0.188. The maximum Gasteiger partial charge on any atom is 0.0102 e. The Kier molecular flexibility index (Phi) is 3.68. The van der Waals surface area contributed by atoms with Crippen molar-refractivity contribution >= 4 is 0 Å². The lowest BCUT2D eigenvalue weighted by Crippen LogP contribution is -2.41. The van der Waals surface area contributed by atoms with Crippen molar-refractivity contribution in [2.45, 2.75) is 51.6 Å². The van der Waals surface area contributed by atoms with Crippen molar-refractivity contribution in [2.75, 3.05) is 20.1 Å². The van der Waals surface area contributed by atoms with E-state index in [2.05, 4.69) is 31.1 Å². The van der Waals surface area contributed by atoms with Crippen LogP contribution in [0.4, 0.5) is 0 Å². The number of nitrogens with zero attached hydrogens (tertiary/aromatic N) is 1. The summed E-state index contributed by atoms with van der Waals surface area (Å²) in [5.41, 5.74) is 0. The van der Waals surface area contributed by atoms with Crippen molar-refractivity contribution in [1.82, 2.24) is 10.2 Å². The third-order valence-corrected chi connectivity index (χ3v) is 4.39. The Hall–Kier alpha value is -0.0800. The van der Waals surface area contributed by atoms with Crippen LogP contribution in [-0.4, -0.2) is 37.1 Å². The molecule has 0 aromatic heterocycles. The van der Waals surface area contributed by atoms with Crippen molar-refractivity contribution in [3.63, 3.8) is 0 Å². The quantitative estimate of drug-likeness (QED) is 0.764. The molecule has 2 heteroatoms. The maximum absolute atomic E-state index is 3.82. The summed E-state index contributed by atoms with van der Waals surface area (Å²) >= 11 is 0. The van der Waals surface area contributed by atoms with Gasteiger partial charge in [-0.1, -0.05) is 13.3 Å². The first-order chi connectivity index (χ1) is 7.20. The van der Waals surface area contributed by atoms with Crippen molar-refractivity contribution in [2.24, 2.45) is 11.8 Å². The molecule has 0 radical (unpaired) electrons. The van der Waals surface area contributed by atoms with Gasteiger partial charge in [-0.25, -0.2) is 0 Å². The predicted octanol–water partition coefficient (Wildman–Crippen LogP) is 2.10. The number of hydrogen-bond donors (Lipinski definition) is 1. The summed E-state index contributed by atoms with van der Waals surface area (Å²) in [5, 5.41) is 3.82. The lowest BCUT2D eigenvalue weighted by atomic mass is 9.90. The van der Waals surface area contributed by atoms with Gasteiger partial charge in [0, 0.05) is 12.1 Å². The fraction of sp³-hybridized carbons (Fsp3) is 1.00. The normalized spacial score (nSPS) is 35.4. The summed E-state index contributed by atoms with van der Waals surface area (Å²) in [4.78, 5) is 2.45. The molecule has 0 spiro atoms. The van der Waals surface area contributed by atoms with Gasteiger partial charge in [0.2, 0.25) is 0 Å². The molecule has 1 aliphatic carbocycles. The molecule has 1 saturated carbocycles. The fourth-order valence-corrected chi connectivity index (χ4v) is 2.91. The molecule has 2 fully saturated rings. The standard InChI is InChI=1S/C13H26N2/c1-4-11-9-13(11)14-10(2)12-5-7-15(3)8-6-12/h10-14H,4-9H2,1-3H3. The molecule has 15 heavy (non-hydrogen) atoms. The molecule has 1 N–H and O–H groups in total. The molecule has 2 rings (SSSR count). The zero-order valence-electron chi connectivity index (χ0n) is 10.5. The van der Waals surface area contributed by atoms with Crippen molar-refractivity contribution in [3.8, 4) is 0 Å². The second-order valence-corrected chi connectivity index (χ2v) is 5.61. The van der Waals surface area contributed by atoms with E-state index in [0.29, 0.717) is 0 Å². The van der Waals surface area contributed by atoms with E-state index in [1.807, 2.05) is 0 Å². The Labute approximate surface area is 94.4 Å². The van der Waals surface area contributed by atoms with Gasteiger partial charge in [-0.3, -0.25) is 0 Å². The van der Waals surface area contributed by atoms with Crippen LogP contribution < -0.4 is 5.32 Å². The van der Waals surface area contributed by atoms with Gasteiger partial charge < -0.3 is 10.2 Å². The SMILES string of the molecule is CCC1CC1NC(C)C1CCN(C)CC1. The van der Waals surface area contributed by atoms with Crippen molar-refractivity contribution in [1.29, 1.82) is 0 Å². The van der Waals surface area contributed by atoms with E-state index in [0.717, 1.165) is 23.9 Å². The van der Waals surface area contributed by atoms with Gasteiger partial charge >= 0.3 is 0 Å². The number of hydrogen-bond acceptors (Lipinski definition) is 2. The molecule has 3 atom stereocenters. The first-order valence-electron chi connectivity index (χ1n) is 6.65. The van der Waals surface area contributed by atoms with Crippen molar-refractivity contribution < 1.29 is 0 Å². The van der Waals surface area contributed by atoms with Crippen LogP contribution >= 0.6 is 0 Å². The Bertz CT molecular complexity index is 197. The molecular formula is C13H26N2. The first-order valence-corrected chi connectivity index (χ1v) is 6.65. The van der Waals surface area contributed by atoms with Crippen LogP contribution in [0.2, 0.25) is 0 Å². The molecule has 3 unspecified atom stereocenters. The van der Waals surface area contributed by atoms with E-state index in [4.69, 9.17) is 0 Å². The van der Waals surface area contributed by atoms with E-state index < -0.39 is 0 Å². The molecule has 1 saturated heterocycles. The van der Waals surface area contributed by atoms with Gasteiger partial charge in [0.15, 0.2) is 0 Å². The molecule has 0 aromatic carbocycles. The van der Waals surface area contributed by atoms with Crippen LogP contribution in [0, 0.1) is 11.8 Å². The van der Waals surface area contributed by atoms with E-state index >= 15 is 0 Å². The monoisotopic (exact) mass is 210 g/mol. The highest BCUT2D eigenvalue weighted by atomic mass is 15.1. The molecule has 88 valence electrons. The van der Waals surface area contributed by atoms with E-state index in [1.54, 1.807) is 0 Å². The van der Waals surface area contributed by atoms with Gasteiger partial charge in [-0.15, -0.1) is 0 Å². The van der Waals surface area contributed by atoms with Gasteiger partial charge in [0.1, 0.15) is 0 Å². The molecule has 2 aliphatic rings. The summed E-state index contributed by atoms with van der Waals surface area (Å²) in [6.07, 6.45) is 5.55. The Morgan fingerprint density at radius 2 is 2.00 bits per heavy atom. The van der Waals surface area contributed by atoms with Gasteiger partial charge in [0.05, 0.1) is 0 Å². The number of nitrogens with one attached hydrogen (secondary N) is 1. The topological polar surface area (TPSA) is 15.3 Å². The average Bonchev–Trinajstić information content (AvgIpc) is 2.97. The molecule has 0 aromatic rings. The predicted molar refractivity (Wildman–Crippen MR) is 65.0 cm³/mol. The van der Waals surface area contributed by atoms with Crippen LogP contribution in [0.3, 0.4) is 0 Å². The summed E-state index contributed by atoms with van der Waals surface area (Å²) < 4.78 is 0. The number of rotatable bonds is 4. The third-order valence-electron chi connectivity index (χ3n) is 4.39. The highest BCUT2D eigenvalue weighted by molar-refractivity contribution is 4.94. The molecule has 1 aliphatic heterocycles. The zero-order chi connectivity index (χ0) is 10.8. The minimum Gasteiger partial charge on any atom is -0.311 e. The zero-order valence-corrected chi connectivity index (χ0v) is 10.5. The highest BCUT2D eigenvalue weighted by Crippen LogP contribution is 2.34. The van der Waals surface area contributed by atoms with E-state index in [1.165, 1.54) is 38.8 Å². The fourth-order valence-electron chi connectivity index (χ4n) is 2.91. The Morgan fingerprint density at radius 3 is 2.53 bits per heavy atom. The summed E-state index contributed by atoms with van der Waals surface area (Å²) in [7, 11) is 2.24. The van der Waals surface area contributed by atoms with E-state index in [9.17, 15) is 0 Å². The average molecular weight is 210 g/mol. The van der Waals surface area contributed by atoms with Crippen LogP contribution in [0.15, 0.2) is 0 Å². The van der Waals surface area contributed by atoms with Crippen LogP contribution in [0.25, 0.3) is 0 Å². The van der Waals surface area contributed by atoms with Crippen LogP contribution in [-0.2, 0) is 0 Å². The smallest absolute Gasteiger partial charge is 0.0102 e. The minimum atomic E-state index is 0.736. The molecule has 1 heterocycles. The molecule has 0 amide bonds. The van der Waals surface area contributed by atoms with Crippen molar-refractivity contribution in [3.05, 3.63) is 0 Å². The number of piperidine rings is 1. The summed E-state index contributed by atoms with van der Waals surface area (Å²) in [6, 6.07) is 1.59.